The first kappa shape index (κ1) is 12.2. The summed E-state index contributed by atoms with van der Waals surface area (Å²) in [6.07, 6.45) is 3.96. The predicted octanol–water partition coefficient (Wildman–Crippen LogP) is 1.55. The summed E-state index contributed by atoms with van der Waals surface area (Å²) in [5.74, 6) is -0.417. The first-order chi connectivity index (χ1) is 7.72. The maximum Gasteiger partial charge on any atom is 0.328 e. The number of ether oxygens (including phenoxy) is 2. The maximum absolute atomic E-state index is 10.3. The van der Waals surface area contributed by atoms with E-state index in [1.54, 1.807) is 12.1 Å². The van der Waals surface area contributed by atoms with Gasteiger partial charge >= 0.3 is 5.97 Å². The number of carboxylic acid groups (broad SMARTS) is 1. The number of nitrogens with zero attached hydrogens (tertiary/aromatic N) is 1. The molecule has 0 saturated heterocycles. The van der Waals surface area contributed by atoms with E-state index in [0.29, 0.717) is 18.1 Å². The summed E-state index contributed by atoms with van der Waals surface area (Å²) in [5.41, 5.74) is 0.561. The van der Waals surface area contributed by atoms with E-state index in [1.807, 2.05) is 6.92 Å². The Morgan fingerprint density at radius 1 is 1.56 bits per heavy atom. The highest BCUT2D eigenvalue weighted by Crippen LogP contribution is 2.09. The highest BCUT2D eigenvalue weighted by molar-refractivity contribution is 5.84. The molecule has 0 bridgehead atoms. The zero-order chi connectivity index (χ0) is 11.8. The van der Waals surface area contributed by atoms with Crippen LogP contribution in [0, 0.1) is 0 Å². The Kier molecular flexibility index (Phi) is 5.01. The quantitative estimate of drug-likeness (QED) is 0.450. The van der Waals surface area contributed by atoms with Gasteiger partial charge in [0.15, 0.2) is 6.79 Å². The molecule has 0 unspecified atom stereocenters. The lowest BCUT2D eigenvalue weighted by Gasteiger charge is -2.04. The molecule has 0 aromatic carbocycles. The van der Waals surface area contributed by atoms with E-state index in [0.717, 1.165) is 6.08 Å². The molecule has 86 valence electrons. The van der Waals surface area contributed by atoms with Crippen LogP contribution in [0.1, 0.15) is 12.6 Å². The molecule has 0 saturated carbocycles. The van der Waals surface area contributed by atoms with Crippen LogP contribution in [-0.2, 0) is 9.53 Å². The lowest BCUT2D eigenvalue weighted by atomic mass is 10.3. The first-order valence-corrected chi connectivity index (χ1v) is 4.80. The minimum absolute atomic E-state index is 0.183. The van der Waals surface area contributed by atoms with Crippen LogP contribution >= 0.6 is 0 Å². The normalized spacial score (nSPS) is 10.6. The smallest absolute Gasteiger partial charge is 0.328 e. The summed E-state index contributed by atoms with van der Waals surface area (Å²) < 4.78 is 10.2. The molecule has 0 atom stereocenters. The van der Waals surface area contributed by atoms with Gasteiger partial charge in [-0.05, 0) is 25.1 Å². The average molecular weight is 223 g/mol. The second-order valence-corrected chi connectivity index (χ2v) is 2.85. The fourth-order valence-electron chi connectivity index (χ4n) is 0.925. The van der Waals surface area contributed by atoms with Gasteiger partial charge in [0.05, 0.1) is 11.9 Å². The van der Waals surface area contributed by atoms with Crippen LogP contribution in [-0.4, -0.2) is 29.5 Å². The van der Waals surface area contributed by atoms with E-state index in [1.165, 1.54) is 12.3 Å². The number of hydrogen-bond donors (Lipinski definition) is 1. The van der Waals surface area contributed by atoms with Gasteiger partial charge in [-0.25, -0.2) is 4.79 Å². The van der Waals surface area contributed by atoms with Crippen LogP contribution in [0.15, 0.2) is 24.4 Å². The van der Waals surface area contributed by atoms with E-state index in [4.69, 9.17) is 14.6 Å². The summed E-state index contributed by atoms with van der Waals surface area (Å²) in [5, 5.41) is 8.42. The molecular formula is C11H13NO4. The first-order valence-electron chi connectivity index (χ1n) is 4.80. The third-order valence-corrected chi connectivity index (χ3v) is 1.67. The van der Waals surface area contributed by atoms with Gasteiger partial charge in [0.1, 0.15) is 5.75 Å². The molecule has 1 aromatic rings. The molecule has 16 heavy (non-hydrogen) atoms. The van der Waals surface area contributed by atoms with Crippen molar-refractivity contribution in [1.29, 1.82) is 0 Å². The largest absolute Gasteiger partial charge is 0.478 e. The molecule has 1 aromatic heterocycles. The fraction of sp³-hybridized carbons (Fsp3) is 0.273. The van der Waals surface area contributed by atoms with Gasteiger partial charge in [-0.15, -0.1) is 0 Å². The lowest BCUT2D eigenvalue weighted by Crippen LogP contribution is -2.02. The number of rotatable bonds is 6. The Balaban J connectivity index is 2.51. The Morgan fingerprint density at radius 2 is 2.38 bits per heavy atom. The Morgan fingerprint density at radius 3 is 2.94 bits per heavy atom. The van der Waals surface area contributed by atoms with Crippen LogP contribution in [0.3, 0.4) is 0 Å². The zero-order valence-corrected chi connectivity index (χ0v) is 8.92. The molecule has 0 spiro atoms. The molecule has 1 rings (SSSR count). The van der Waals surface area contributed by atoms with Gasteiger partial charge in [-0.3, -0.25) is 4.98 Å². The van der Waals surface area contributed by atoms with E-state index in [-0.39, 0.29) is 6.79 Å². The van der Waals surface area contributed by atoms with Crippen molar-refractivity contribution in [3.63, 3.8) is 0 Å². The van der Waals surface area contributed by atoms with Crippen molar-refractivity contribution < 1.29 is 19.4 Å². The van der Waals surface area contributed by atoms with Crippen LogP contribution < -0.4 is 4.74 Å². The number of carboxylic acids is 1. The fourth-order valence-corrected chi connectivity index (χ4v) is 0.925. The lowest BCUT2D eigenvalue weighted by molar-refractivity contribution is -0.131. The molecule has 1 N–H and O–H groups in total. The second kappa shape index (κ2) is 6.58. The van der Waals surface area contributed by atoms with Gasteiger partial charge in [-0.2, -0.15) is 0 Å². The zero-order valence-electron chi connectivity index (χ0n) is 8.92. The highest BCUT2D eigenvalue weighted by Gasteiger charge is 1.95. The van der Waals surface area contributed by atoms with Crippen LogP contribution in [0.5, 0.6) is 5.75 Å². The van der Waals surface area contributed by atoms with Crippen molar-refractivity contribution in [2.75, 3.05) is 13.4 Å². The second-order valence-electron chi connectivity index (χ2n) is 2.85. The standard InChI is InChI=1S/C11H13NO4/c1-2-15-8-16-10-5-3-9(12-7-10)4-6-11(13)14/h3-7H,2,8H2,1H3,(H,13,14). The number of aliphatic carboxylic acids is 1. The van der Waals surface area contributed by atoms with Crippen LogP contribution in [0.25, 0.3) is 6.08 Å². The minimum atomic E-state index is -1.00. The number of carbonyl (C=O) groups is 1. The third kappa shape index (κ3) is 4.56. The monoisotopic (exact) mass is 223 g/mol. The molecule has 0 aliphatic heterocycles. The van der Waals surface area contributed by atoms with E-state index >= 15 is 0 Å². The number of aromatic nitrogens is 1. The Bertz CT molecular complexity index is 359. The molecule has 0 aliphatic rings. The molecule has 0 aliphatic carbocycles. The van der Waals surface area contributed by atoms with Crippen molar-refractivity contribution >= 4 is 12.0 Å². The van der Waals surface area contributed by atoms with E-state index in [2.05, 4.69) is 4.98 Å². The van der Waals surface area contributed by atoms with Crippen LogP contribution in [0.4, 0.5) is 0 Å². The highest BCUT2D eigenvalue weighted by atomic mass is 16.7. The van der Waals surface area contributed by atoms with Crippen molar-refractivity contribution in [2.24, 2.45) is 0 Å². The van der Waals surface area contributed by atoms with Gasteiger partial charge in [0.25, 0.3) is 0 Å². The summed E-state index contributed by atoms with van der Waals surface area (Å²) in [4.78, 5) is 14.3. The van der Waals surface area contributed by atoms with E-state index in [9.17, 15) is 4.79 Å². The molecule has 0 amide bonds. The van der Waals surface area contributed by atoms with Crippen molar-refractivity contribution in [3.05, 3.63) is 30.1 Å². The molecular weight excluding hydrogens is 210 g/mol. The van der Waals surface area contributed by atoms with Gasteiger partial charge < -0.3 is 14.6 Å². The van der Waals surface area contributed by atoms with Crippen molar-refractivity contribution in [3.8, 4) is 5.75 Å². The summed E-state index contributed by atoms with van der Waals surface area (Å²) in [7, 11) is 0. The Labute approximate surface area is 93.3 Å². The summed E-state index contributed by atoms with van der Waals surface area (Å²) >= 11 is 0. The molecule has 1 heterocycles. The van der Waals surface area contributed by atoms with Gasteiger partial charge in [0, 0.05) is 12.7 Å². The molecule has 0 radical (unpaired) electrons. The van der Waals surface area contributed by atoms with Gasteiger partial charge in [-0.1, -0.05) is 0 Å². The minimum Gasteiger partial charge on any atom is -0.478 e. The maximum atomic E-state index is 10.3. The third-order valence-electron chi connectivity index (χ3n) is 1.67. The topological polar surface area (TPSA) is 68.7 Å². The summed E-state index contributed by atoms with van der Waals surface area (Å²) in [6.45, 7) is 2.65. The molecule has 5 nitrogen and oxygen atoms in total. The van der Waals surface area contributed by atoms with E-state index < -0.39 is 5.97 Å². The number of hydrogen-bond acceptors (Lipinski definition) is 4. The Hall–Kier alpha value is -1.88. The summed E-state index contributed by atoms with van der Waals surface area (Å²) in [6, 6.07) is 3.37. The number of pyridine rings is 1. The van der Waals surface area contributed by atoms with Gasteiger partial charge in [0.2, 0.25) is 0 Å². The van der Waals surface area contributed by atoms with Crippen LogP contribution in [0.2, 0.25) is 0 Å². The van der Waals surface area contributed by atoms with Crippen molar-refractivity contribution in [2.45, 2.75) is 6.92 Å². The average Bonchev–Trinajstić information content (AvgIpc) is 2.28. The molecule has 5 heteroatoms. The predicted molar refractivity (Wildman–Crippen MR) is 58.0 cm³/mol. The SMILES string of the molecule is CCOCOc1ccc(C=CC(=O)O)nc1. The molecule has 0 fully saturated rings. The van der Waals surface area contributed by atoms with Crippen molar-refractivity contribution in [1.82, 2.24) is 4.98 Å².